The number of carbonyl (C=O) groups excluding carboxylic acids is 2. The van der Waals surface area contributed by atoms with Crippen molar-refractivity contribution in [2.75, 3.05) is 36.8 Å². The molecular weight excluding hydrogens is 422 g/mol. The van der Waals surface area contributed by atoms with Gasteiger partial charge in [0.05, 0.1) is 6.20 Å². The van der Waals surface area contributed by atoms with Gasteiger partial charge in [-0.3, -0.25) is 10.0 Å². The lowest BCUT2D eigenvalue weighted by atomic mass is 10.2. The lowest BCUT2D eigenvalue weighted by Crippen LogP contribution is -2.39. The predicted octanol–water partition coefficient (Wildman–Crippen LogP) is 3.49. The van der Waals surface area contributed by atoms with E-state index in [0.29, 0.717) is 36.1 Å². The summed E-state index contributed by atoms with van der Waals surface area (Å²) < 4.78 is 5.94. The van der Waals surface area contributed by atoms with Crippen molar-refractivity contribution in [3.05, 3.63) is 54.7 Å². The molecule has 10 nitrogen and oxygen atoms in total. The van der Waals surface area contributed by atoms with E-state index in [9.17, 15) is 9.59 Å². The molecular formula is C23H25N7O3. The fourth-order valence-corrected chi connectivity index (χ4v) is 3.74. The number of amides is 4. The normalized spacial score (nSPS) is 15.6. The minimum atomic E-state index is -0.171. The highest BCUT2D eigenvalue weighted by molar-refractivity contribution is 5.90. The van der Waals surface area contributed by atoms with Crippen LogP contribution in [-0.4, -0.2) is 53.2 Å². The number of nitrogens with zero attached hydrogens (tertiary/aromatic N) is 3. The molecule has 0 aliphatic carbocycles. The smallest absolute Gasteiger partial charge is 0.336 e. The quantitative estimate of drug-likeness (QED) is 0.487. The van der Waals surface area contributed by atoms with Crippen LogP contribution in [0.25, 0.3) is 22.8 Å². The van der Waals surface area contributed by atoms with E-state index in [1.54, 1.807) is 16.2 Å². The minimum Gasteiger partial charge on any atom is -0.436 e. The third kappa shape index (κ3) is 4.81. The lowest BCUT2D eigenvalue weighted by molar-refractivity contribution is 0.205. The summed E-state index contributed by atoms with van der Waals surface area (Å²) in [6.07, 6.45) is 3.58. The van der Waals surface area contributed by atoms with Crippen molar-refractivity contribution in [1.82, 2.24) is 25.9 Å². The molecule has 0 atom stereocenters. The number of benzene rings is 2. The van der Waals surface area contributed by atoms with Crippen LogP contribution in [-0.2, 0) is 0 Å². The molecule has 10 heteroatoms. The Morgan fingerprint density at radius 2 is 1.30 bits per heavy atom. The number of nitrogens with one attached hydrogen (secondary N) is 4. The molecule has 2 aromatic carbocycles. The van der Waals surface area contributed by atoms with Gasteiger partial charge in [0.1, 0.15) is 0 Å². The van der Waals surface area contributed by atoms with Gasteiger partial charge in [-0.05, 0) is 61.4 Å². The van der Waals surface area contributed by atoms with E-state index in [0.717, 1.165) is 37.1 Å². The van der Waals surface area contributed by atoms with Crippen molar-refractivity contribution in [2.24, 2.45) is 0 Å². The summed E-state index contributed by atoms with van der Waals surface area (Å²) in [6, 6.07) is 14.4. The van der Waals surface area contributed by atoms with Crippen molar-refractivity contribution in [1.29, 1.82) is 0 Å². The molecule has 0 spiro atoms. The molecule has 2 saturated heterocycles. The van der Waals surface area contributed by atoms with Gasteiger partial charge >= 0.3 is 12.1 Å². The van der Waals surface area contributed by atoms with Gasteiger partial charge in [0.25, 0.3) is 0 Å². The molecule has 3 heterocycles. The second-order valence-electron chi connectivity index (χ2n) is 7.87. The van der Waals surface area contributed by atoms with Crippen LogP contribution >= 0.6 is 0 Å². The first kappa shape index (κ1) is 21.0. The summed E-state index contributed by atoms with van der Waals surface area (Å²) in [5.74, 6) is 1.11. The third-order valence-electron chi connectivity index (χ3n) is 5.52. The second kappa shape index (κ2) is 9.31. The Labute approximate surface area is 190 Å². The molecule has 4 N–H and O–H groups in total. The van der Waals surface area contributed by atoms with E-state index in [-0.39, 0.29) is 12.1 Å². The van der Waals surface area contributed by atoms with Gasteiger partial charge in [0.2, 0.25) is 5.89 Å². The van der Waals surface area contributed by atoms with Crippen LogP contribution < -0.4 is 21.5 Å². The van der Waals surface area contributed by atoms with Gasteiger partial charge in [0.15, 0.2) is 5.76 Å². The third-order valence-corrected chi connectivity index (χ3v) is 5.52. The molecule has 4 amide bonds. The summed E-state index contributed by atoms with van der Waals surface area (Å²) in [4.78, 5) is 28.7. The summed E-state index contributed by atoms with van der Waals surface area (Å²) in [5, 5.41) is 8.90. The van der Waals surface area contributed by atoms with Crippen LogP contribution in [0.2, 0.25) is 0 Å². The maximum Gasteiger partial charge on any atom is 0.336 e. The summed E-state index contributed by atoms with van der Waals surface area (Å²) in [6.45, 7) is 3.03. The SMILES string of the molecule is O=C(Nc1ccc(-c2cnc(-c3ccc(NC(=O)N4CCCN4)cc3)o2)cc1)N1CCCN1. The monoisotopic (exact) mass is 447 g/mol. The maximum absolute atomic E-state index is 12.2. The van der Waals surface area contributed by atoms with Crippen LogP contribution in [0.5, 0.6) is 0 Å². The Hall–Kier alpha value is -3.89. The van der Waals surface area contributed by atoms with Crippen molar-refractivity contribution in [2.45, 2.75) is 12.8 Å². The van der Waals surface area contributed by atoms with Crippen molar-refractivity contribution >= 4 is 23.4 Å². The van der Waals surface area contributed by atoms with Crippen LogP contribution in [0.15, 0.2) is 59.1 Å². The highest BCUT2D eigenvalue weighted by atomic mass is 16.4. The summed E-state index contributed by atoms with van der Waals surface area (Å²) >= 11 is 0. The number of aromatic nitrogens is 1. The standard InChI is InChI=1S/C23H25N7O3/c31-22(29-13-1-11-25-29)27-18-7-3-16(4-8-18)20-15-24-21(33-20)17-5-9-19(10-6-17)28-23(32)30-14-2-12-26-30/h3-10,15,25-26H,1-2,11-14H2,(H,27,31)(H,28,32). The fraction of sp³-hybridized carbons (Fsp3) is 0.261. The Kier molecular flexibility index (Phi) is 5.92. The molecule has 2 fully saturated rings. The number of hydrazine groups is 2. The van der Waals surface area contributed by atoms with Crippen LogP contribution in [0.3, 0.4) is 0 Å². The average molecular weight is 447 g/mol. The van der Waals surface area contributed by atoms with Gasteiger partial charge in [0, 0.05) is 48.7 Å². The molecule has 0 saturated carbocycles. The average Bonchev–Trinajstić information content (AvgIpc) is 3.63. The molecule has 33 heavy (non-hydrogen) atoms. The number of urea groups is 2. The number of oxazole rings is 1. The van der Waals surface area contributed by atoms with Crippen LogP contribution in [0, 0.1) is 0 Å². The number of rotatable bonds is 4. The Morgan fingerprint density at radius 1 is 0.788 bits per heavy atom. The van der Waals surface area contributed by atoms with Gasteiger partial charge in [-0.25, -0.2) is 25.4 Å². The zero-order chi connectivity index (χ0) is 22.6. The van der Waals surface area contributed by atoms with Gasteiger partial charge in [-0.2, -0.15) is 0 Å². The van der Waals surface area contributed by atoms with Crippen LogP contribution in [0.4, 0.5) is 21.0 Å². The van der Waals surface area contributed by atoms with E-state index in [2.05, 4.69) is 26.5 Å². The number of hydrogen-bond donors (Lipinski definition) is 4. The lowest BCUT2D eigenvalue weighted by Gasteiger charge is -2.16. The summed E-state index contributed by atoms with van der Waals surface area (Å²) in [7, 11) is 0. The molecule has 170 valence electrons. The van der Waals surface area contributed by atoms with Crippen molar-refractivity contribution < 1.29 is 14.0 Å². The molecule has 2 aliphatic rings. The van der Waals surface area contributed by atoms with E-state index in [1.165, 1.54) is 0 Å². The maximum atomic E-state index is 12.2. The Balaban J connectivity index is 1.21. The summed E-state index contributed by atoms with van der Waals surface area (Å²) in [5.41, 5.74) is 9.13. The first-order valence-corrected chi connectivity index (χ1v) is 11.0. The molecule has 2 aliphatic heterocycles. The van der Waals surface area contributed by atoms with Crippen molar-refractivity contribution in [3.63, 3.8) is 0 Å². The van der Waals surface area contributed by atoms with E-state index in [1.807, 2.05) is 48.5 Å². The Morgan fingerprint density at radius 3 is 1.79 bits per heavy atom. The molecule has 5 rings (SSSR count). The molecule has 0 radical (unpaired) electrons. The molecule has 1 aromatic heterocycles. The topological polar surface area (TPSA) is 115 Å². The first-order valence-electron chi connectivity index (χ1n) is 11.0. The van der Waals surface area contributed by atoms with E-state index in [4.69, 9.17) is 4.42 Å². The van der Waals surface area contributed by atoms with E-state index < -0.39 is 0 Å². The van der Waals surface area contributed by atoms with Crippen molar-refractivity contribution in [3.8, 4) is 22.8 Å². The van der Waals surface area contributed by atoms with E-state index >= 15 is 0 Å². The van der Waals surface area contributed by atoms with Gasteiger partial charge in [-0.1, -0.05) is 0 Å². The first-order chi connectivity index (χ1) is 16.2. The zero-order valence-electron chi connectivity index (χ0n) is 18.0. The number of carbonyl (C=O) groups is 2. The molecule has 0 bridgehead atoms. The zero-order valence-corrected chi connectivity index (χ0v) is 18.0. The highest BCUT2D eigenvalue weighted by Crippen LogP contribution is 2.28. The minimum absolute atomic E-state index is 0.168. The Bertz CT molecular complexity index is 1030. The number of hydrogen-bond acceptors (Lipinski definition) is 6. The largest absolute Gasteiger partial charge is 0.436 e. The highest BCUT2D eigenvalue weighted by Gasteiger charge is 2.18. The van der Waals surface area contributed by atoms with Gasteiger partial charge in [-0.15, -0.1) is 0 Å². The second-order valence-corrected chi connectivity index (χ2v) is 7.87. The molecule has 3 aromatic rings. The fourth-order valence-electron chi connectivity index (χ4n) is 3.74. The molecule has 0 unspecified atom stereocenters. The van der Waals surface area contributed by atoms with Crippen LogP contribution in [0.1, 0.15) is 12.8 Å². The number of anilines is 2. The predicted molar refractivity (Wildman–Crippen MR) is 124 cm³/mol. The van der Waals surface area contributed by atoms with Gasteiger partial charge < -0.3 is 15.1 Å².